The van der Waals surface area contributed by atoms with Crippen molar-refractivity contribution in [3.8, 4) is 0 Å². The maximum atomic E-state index is 13.7. The highest BCUT2D eigenvalue weighted by molar-refractivity contribution is 7.99. The highest BCUT2D eigenvalue weighted by Crippen LogP contribution is 2.38. The van der Waals surface area contributed by atoms with E-state index in [2.05, 4.69) is 15.3 Å². The molecule has 2 aromatic rings. The monoisotopic (exact) mass is 455 g/mol. The Morgan fingerprint density at radius 3 is 2.70 bits per heavy atom. The number of nitrogens with zero attached hydrogens (tertiary/aromatic N) is 3. The van der Waals surface area contributed by atoms with Crippen LogP contribution in [0.25, 0.3) is 0 Å². The van der Waals surface area contributed by atoms with Crippen LogP contribution >= 0.6 is 23.4 Å². The number of thioether (sulfide) groups is 1. The largest absolute Gasteiger partial charge is 0.351 e. The van der Waals surface area contributed by atoms with Crippen molar-refractivity contribution in [3.05, 3.63) is 58.6 Å². The number of aromatic nitrogens is 2. The number of halogens is 4. The Labute approximate surface area is 182 Å². The summed E-state index contributed by atoms with van der Waals surface area (Å²) >= 11 is 7.44. The predicted molar refractivity (Wildman–Crippen MR) is 116 cm³/mol. The van der Waals surface area contributed by atoms with Crippen LogP contribution in [-0.2, 0) is 0 Å². The first kappa shape index (κ1) is 22.4. The Morgan fingerprint density at radius 2 is 2.10 bits per heavy atom. The summed E-state index contributed by atoms with van der Waals surface area (Å²) in [6.07, 6.45) is 7.51. The number of hydrogen-bond donors (Lipinski definition) is 2. The topological polar surface area (TPSA) is 64.9 Å². The molecule has 0 bridgehead atoms. The second-order valence-corrected chi connectivity index (χ2v) is 8.46. The smallest absolute Gasteiger partial charge is 0.252 e. The molecule has 0 radical (unpaired) electrons. The van der Waals surface area contributed by atoms with Gasteiger partial charge in [-0.2, -0.15) is 16.7 Å². The number of rotatable bonds is 8. The molecule has 0 spiro atoms. The average molecular weight is 456 g/mol. The van der Waals surface area contributed by atoms with Crippen LogP contribution in [0.1, 0.15) is 29.2 Å². The van der Waals surface area contributed by atoms with Gasteiger partial charge in [0, 0.05) is 47.1 Å². The molecule has 1 heterocycles. The third-order valence-corrected chi connectivity index (χ3v) is 5.80. The molecule has 1 aromatic heterocycles. The number of anilines is 2. The molecule has 0 amide bonds. The molecule has 160 valence electrons. The Morgan fingerprint density at radius 1 is 1.37 bits per heavy atom. The van der Waals surface area contributed by atoms with Crippen molar-refractivity contribution in [2.45, 2.75) is 37.0 Å². The van der Waals surface area contributed by atoms with E-state index < -0.39 is 11.7 Å². The van der Waals surface area contributed by atoms with Gasteiger partial charge in [0.2, 0.25) is 5.95 Å². The van der Waals surface area contributed by atoms with Crippen molar-refractivity contribution in [1.82, 2.24) is 9.97 Å². The van der Waals surface area contributed by atoms with Crippen LogP contribution < -0.4 is 10.2 Å². The van der Waals surface area contributed by atoms with E-state index in [1.54, 1.807) is 25.4 Å². The van der Waals surface area contributed by atoms with Crippen LogP contribution in [0, 0.1) is 18.2 Å². The van der Waals surface area contributed by atoms with Gasteiger partial charge in [0.15, 0.2) is 0 Å². The molecular formula is C20H21ClF3N5S. The lowest BCUT2D eigenvalue weighted by Crippen LogP contribution is -2.44. The third-order valence-electron chi connectivity index (χ3n) is 4.64. The van der Waals surface area contributed by atoms with Gasteiger partial charge in [-0.3, -0.25) is 10.3 Å². The second-order valence-electron chi connectivity index (χ2n) is 7.04. The molecule has 1 aliphatic rings. The lowest BCUT2D eigenvalue weighted by atomic mass is 9.88. The van der Waals surface area contributed by atoms with Gasteiger partial charge in [0.1, 0.15) is 11.6 Å². The molecule has 0 saturated heterocycles. The first-order chi connectivity index (χ1) is 14.2. The van der Waals surface area contributed by atoms with Crippen molar-refractivity contribution in [2.75, 3.05) is 16.5 Å². The fourth-order valence-corrected chi connectivity index (χ4v) is 3.99. The molecular weight excluding hydrogens is 435 g/mol. The number of nitrogens with one attached hydrogen (secondary N) is 2. The third kappa shape index (κ3) is 5.46. The molecule has 1 fully saturated rings. The van der Waals surface area contributed by atoms with Gasteiger partial charge in [-0.25, -0.2) is 18.2 Å². The summed E-state index contributed by atoms with van der Waals surface area (Å²) in [7, 11) is 0. The summed E-state index contributed by atoms with van der Waals surface area (Å²) in [6, 6.07) is 3.97. The van der Waals surface area contributed by atoms with Crippen molar-refractivity contribution in [3.63, 3.8) is 0 Å². The first-order valence-corrected chi connectivity index (χ1v) is 10.8. The lowest BCUT2D eigenvalue weighted by Gasteiger charge is -2.35. The molecule has 1 aliphatic carbocycles. The van der Waals surface area contributed by atoms with Crippen LogP contribution in [0.3, 0.4) is 0 Å². The minimum atomic E-state index is -2.64. The molecule has 30 heavy (non-hydrogen) atoms. The van der Waals surface area contributed by atoms with Crippen molar-refractivity contribution < 1.29 is 13.2 Å². The first-order valence-electron chi connectivity index (χ1n) is 9.15. The van der Waals surface area contributed by atoms with Gasteiger partial charge >= 0.3 is 0 Å². The van der Waals surface area contributed by atoms with E-state index in [0.717, 1.165) is 6.34 Å². The zero-order chi connectivity index (χ0) is 21.9. The van der Waals surface area contributed by atoms with Crippen molar-refractivity contribution in [1.29, 1.82) is 5.41 Å². The van der Waals surface area contributed by atoms with E-state index in [1.807, 2.05) is 12.3 Å². The Balaban J connectivity index is 1.79. The molecule has 3 rings (SSSR count). The standard InChI is InChI=1S/C20H21ClF3N5S/c1-12-10-26-19(27-16-8-20(23,24)9-16)28-18(12)29(11-25)4-3-17(30-2)13-5-14(21)7-15(22)6-13/h3-7,10-11,16-17,25H,8-9H2,1-2H3,(H,26,27,28)/b4-3+,25-11?. The van der Waals surface area contributed by atoms with E-state index in [-0.39, 0.29) is 30.1 Å². The number of benzene rings is 1. The van der Waals surface area contributed by atoms with E-state index >= 15 is 0 Å². The molecule has 2 N–H and O–H groups in total. The summed E-state index contributed by atoms with van der Waals surface area (Å²) in [5, 5.41) is 10.8. The Kier molecular flexibility index (Phi) is 6.92. The van der Waals surface area contributed by atoms with Gasteiger partial charge in [-0.05, 0) is 36.9 Å². The summed E-state index contributed by atoms with van der Waals surface area (Å²) in [5.41, 5.74) is 1.41. The number of alkyl halides is 2. The molecule has 0 aliphatic heterocycles. The maximum Gasteiger partial charge on any atom is 0.252 e. The minimum Gasteiger partial charge on any atom is -0.351 e. The lowest BCUT2D eigenvalue weighted by molar-refractivity contribution is -0.0794. The zero-order valence-corrected chi connectivity index (χ0v) is 17.9. The quantitative estimate of drug-likeness (QED) is 0.388. The summed E-state index contributed by atoms with van der Waals surface area (Å²) in [5.74, 6) is -2.38. The second kappa shape index (κ2) is 9.26. The Hall–Kier alpha value is -2.26. The van der Waals surface area contributed by atoms with Crippen LogP contribution in [0.5, 0.6) is 0 Å². The van der Waals surface area contributed by atoms with Crippen LogP contribution in [-0.4, -0.2) is 34.5 Å². The highest BCUT2D eigenvalue weighted by Gasteiger charge is 2.45. The van der Waals surface area contributed by atoms with Crippen molar-refractivity contribution >= 4 is 41.5 Å². The summed E-state index contributed by atoms with van der Waals surface area (Å²) in [4.78, 5) is 10.0. The SMILES string of the molecule is CSC(/C=C/N(C=N)c1nc(NC2CC(F)(F)C2)ncc1C)c1cc(F)cc(Cl)c1. The van der Waals surface area contributed by atoms with Gasteiger partial charge in [-0.15, -0.1) is 0 Å². The summed E-state index contributed by atoms with van der Waals surface area (Å²) in [6.45, 7) is 1.79. The maximum absolute atomic E-state index is 13.7. The van der Waals surface area contributed by atoms with Crippen LogP contribution in [0.15, 0.2) is 36.7 Å². The average Bonchev–Trinajstić information content (AvgIpc) is 2.65. The minimum absolute atomic E-state index is 0.197. The molecule has 1 unspecified atom stereocenters. The van der Waals surface area contributed by atoms with Crippen LogP contribution in [0.2, 0.25) is 5.02 Å². The molecule has 1 saturated carbocycles. The predicted octanol–water partition coefficient (Wildman–Crippen LogP) is 5.82. The van der Waals surface area contributed by atoms with Gasteiger partial charge in [0.05, 0.1) is 6.34 Å². The number of hydrogen-bond acceptors (Lipinski definition) is 5. The molecule has 5 nitrogen and oxygen atoms in total. The normalized spacial score (nSPS) is 16.9. The van der Waals surface area contributed by atoms with Crippen LogP contribution in [0.4, 0.5) is 24.9 Å². The summed E-state index contributed by atoms with van der Waals surface area (Å²) < 4.78 is 39.8. The molecule has 10 heteroatoms. The van der Waals surface area contributed by atoms with E-state index in [1.165, 1.54) is 28.8 Å². The fraction of sp³-hybridized carbons (Fsp3) is 0.350. The zero-order valence-electron chi connectivity index (χ0n) is 16.4. The molecule has 1 atom stereocenters. The van der Waals surface area contributed by atoms with E-state index in [0.29, 0.717) is 22.0 Å². The molecule has 1 aromatic carbocycles. The van der Waals surface area contributed by atoms with Gasteiger partial charge < -0.3 is 5.32 Å². The van der Waals surface area contributed by atoms with E-state index in [4.69, 9.17) is 17.0 Å². The fourth-order valence-electron chi connectivity index (χ4n) is 3.12. The highest BCUT2D eigenvalue weighted by atomic mass is 35.5. The van der Waals surface area contributed by atoms with Gasteiger partial charge in [0.25, 0.3) is 5.92 Å². The van der Waals surface area contributed by atoms with E-state index in [9.17, 15) is 13.2 Å². The Bertz CT molecular complexity index is 928. The number of aryl methyl sites for hydroxylation is 1. The van der Waals surface area contributed by atoms with Gasteiger partial charge in [-0.1, -0.05) is 17.7 Å². The van der Waals surface area contributed by atoms with Crippen molar-refractivity contribution in [2.24, 2.45) is 0 Å².